The summed E-state index contributed by atoms with van der Waals surface area (Å²) < 4.78 is 4.89. The molecule has 110 valence electrons. The average Bonchev–Trinajstić information content (AvgIpc) is 2.46. The van der Waals surface area contributed by atoms with Crippen molar-refractivity contribution in [1.82, 2.24) is 5.32 Å². The van der Waals surface area contributed by atoms with E-state index in [2.05, 4.69) is 11.4 Å². The Bertz CT molecular complexity index is 633. The molecule has 21 heavy (non-hydrogen) atoms. The van der Waals surface area contributed by atoms with Gasteiger partial charge in [0.05, 0.1) is 24.7 Å². The van der Waals surface area contributed by atoms with Gasteiger partial charge in [0.1, 0.15) is 0 Å². The predicted octanol–water partition coefficient (Wildman–Crippen LogP) is 3.00. The van der Waals surface area contributed by atoms with Gasteiger partial charge >= 0.3 is 5.97 Å². The Morgan fingerprint density at radius 2 is 2.10 bits per heavy atom. The molecule has 4 nitrogen and oxygen atoms in total. The number of methoxy groups -OCH3 is 1. The Morgan fingerprint density at radius 1 is 1.43 bits per heavy atom. The maximum Gasteiger partial charge on any atom is 0.336 e. The second-order valence-electron chi connectivity index (χ2n) is 5.12. The number of nitrogens with zero attached hydrogens (tertiary/aromatic N) is 1. The lowest BCUT2D eigenvalue weighted by Crippen LogP contribution is -2.43. The Labute approximate surface area is 129 Å². The third-order valence-corrected chi connectivity index (χ3v) is 4.20. The first-order valence-electron chi connectivity index (χ1n) is 6.71. The van der Waals surface area contributed by atoms with Gasteiger partial charge in [0.2, 0.25) is 0 Å². The van der Waals surface area contributed by atoms with Crippen molar-refractivity contribution in [2.45, 2.75) is 25.8 Å². The highest BCUT2D eigenvalue weighted by Gasteiger charge is 2.40. The van der Waals surface area contributed by atoms with Crippen molar-refractivity contribution in [2.75, 3.05) is 7.11 Å². The number of ether oxygens (including phenoxy) is 1. The number of nitrogens with one attached hydrogen (secondary N) is 1. The van der Waals surface area contributed by atoms with Crippen molar-refractivity contribution in [3.05, 3.63) is 46.1 Å². The van der Waals surface area contributed by atoms with E-state index in [-0.39, 0.29) is 6.04 Å². The first-order chi connectivity index (χ1) is 10.0. The number of benzene rings is 1. The van der Waals surface area contributed by atoms with Crippen molar-refractivity contribution < 1.29 is 9.53 Å². The van der Waals surface area contributed by atoms with Crippen molar-refractivity contribution in [3.8, 4) is 6.07 Å². The molecule has 0 aromatic heterocycles. The first-order valence-corrected chi connectivity index (χ1v) is 7.08. The van der Waals surface area contributed by atoms with Crippen LogP contribution in [0.1, 0.15) is 25.3 Å². The van der Waals surface area contributed by atoms with Crippen LogP contribution < -0.4 is 5.32 Å². The summed E-state index contributed by atoms with van der Waals surface area (Å²) in [5.41, 5.74) is 1.97. The number of hydrogen-bond acceptors (Lipinski definition) is 4. The molecule has 3 atom stereocenters. The summed E-state index contributed by atoms with van der Waals surface area (Å²) in [6.45, 7) is 3.75. The summed E-state index contributed by atoms with van der Waals surface area (Å²) in [6, 6.07) is 9.52. The summed E-state index contributed by atoms with van der Waals surface area (Å²) in [7, 11) is 1.34. The Morgan fingerprint density at radius 3 is 2.67 bits per heavy atom. The molecule has 1 aliphatic rings. The number of carbonyl (C=O) groups excluding carboxylic acids is 1. The zero-order valence-corrected chi connectivity index (χ0v) is 12.9. The van der Waals surface area contributed by atoms with Crippen LogP contribution in [0.2, 0.25) is 5.02 Å². The Kier molecular flexibility index (Phi) is 4.54. The zero-order chi connectivity index (χ0) is 15.6. The standard InChI is InChI=1S/C16H17ClN2O2/c1-9-12(8-18)15(11-6-4-5-7-13(11)17)14(10(2)19-9)16(20)21-3/h4-7,9,12,15,19H,1-3H3. The quantitative estimate of drug-likeness (QED) is 0.853. The fraction of sp³-hybridized carbons (Fsp3) is 0.375. The molecular weight excluding hydrogens is 288 g/mol. The summed E-state index contributed by atoms with van der Waals surface area (Å²) in [4.78, 5) is 12.2. The number of rotatable bonds is 2. The molecule has 0 radical (unpaired) electrons. The molecule has 0 spiro atoms. The normalized spacial score (nSPS) is 25.0. The topological polar surface area (TPSA) is 62.1 Å². The fourth-order valence-electron chi connectivity index (χ4n) is 2.86. The van der Waals surface area contributed by atoms with Gasteiger partial charge in [0.25, 0.3) is 0 Å². The molecule has 0 bridgehead atoms. The van der Waals surface area contributed by atoms with Gasteiger partial charge in [0, 0.05) is 22.7 Å². The van der Waals surface area contributed by atoms with Crippen molar-refractivity contribution >= 4 is 17.6 Å². The maximum atomic E-state index is 12.2. The Hall–Kier alpha value is -1.99. The molecule has 0 saturated heterocycles. The van der Waals surface area contributed by atoms with Crippen LogP contribution >= 0.6 is 11.6 Å². The van der Waals surface area contributed by atoms with Gasteiger partial charge < -0.3 is 10.1 Å². The molecule has 0 amide bonds. The smallest absolute Gasteiger partial charge is 0.336 e. The van der Waals surface area contributed by atoms with E-state index in [0.717, 1.165) is 11.3 Å². The second-order valence-corrected chi connectivity index (χ2v) is 5.52. The van der Waals surface area contributed by atoms with E-state index in [0.29, 0.717) is 10.6 Å². The highest BCUT2D eigenvalue weighted by molar-refractivity contribution is 6.31. The SMILES string of the molecule is COC(=O)C1=C(C)NC(C)C(C#N)C1c1ccccc1Cl. The summed E-state index contributed by atoms with van der Waals surface area (Å²) in [5.74, 6) is -1.23. The van der Waals surface area contributed by atoms with Gasteiger partial charge in [-0.3, -0.25) is 0 Å². The molecular formula is C16H17ClN2O2. The van der Waals surface area contributed by atoms with Gasteiger partial charge in [-0.05, 0) is 25.5 Å². The molecule has 5 heteroatoms. The largest absolute Gasteiger partial charge is 0.466 e. The predicted molar refractivity (Wildman–Crippen MR) is 80.6 cm³/mol. The Balaban J connectivity index is 2.65. The van der Waals surface area contributed by atoms with Crippen LogP contribution in [0.5, 0.6) is 0 Å². The molecule has 1 aromatic carbocycles. The fourth-order valence-corrected chi connectivity index (χ4v) is 3.12. The first kappa shape index (κ1) is 15.4. The highest BCUT2D eigenvalue weighted by Crippen LogP contribution is 2.41. The molecule has 1 heterocycles. The number of allylic oxidation sites excluding steroid dienone is 1. The van der Waals surface area contributed by atoms with Crippen LogP contribution in [0, 0.1) is 17.2 Å². The van der Waals surface area contributed by atoms with E-state index >= 15 is 0 Å². The van der Waals surface area contributed by atoms with Crippen LogP contribution in [0.4, 0.5) is 0 Å². The summed E-state index contributed by atoms with van der Waals surface area (Å²) in [5, 5.41) is 13.3. The van der Waals surface area contributed by atoms with E-state index in [1.54, 1.807) is 6.07 Å². The third kappa shape index (κ3) is 2.74. The summed E-state index contributed by atoms with van der Waals surface area (Å²) >= 11 is 6.28. The van der Waals surface area contributed by atoms with Gasteiger partial charge in [0.15, 0.2) is 0 Å². The van der Waals surface area contributed by atoms with E-state index < -0.39 is 17.8 Å². The second kappa shape index (κ2) is 6.19. The van der Waals surface area contributed by atoms with Crippen LogP contribution in [0.15, 0.2) is 35.5 Å². The van der Waals surface area contributed by atoms with Gasteiger partial charge in [-0.2, -0.15) is 5.26 Å². The summed E-state index contributed by atoms with van der Waals surface area (Å²) in [6.07, 6.45) is 0. The van der Waals surface area contributed by atoms with Crippen LogP contribution in [0.25, 0.3) is 0 Å². The monoisotopic (exact) mass is 304 g/mol. The number of halogens is 1. The molecule has 1 N–H and O–H groups in total. The zero-order valence-electron chi connectivity index (χ0n) is 12.2. The van der Waals surface area contributed by atoms with Gasteiger partial charge in [-0.15, -0.1) is 0 Å². The van der Waals surface area contributed by atoms with Crippen LogP contribution in [-0.4, -0.2) is 19.1 Å². The molecule has 0 aliphatic carbocycles. The molecule has 3 unspecified atom stereocenters. The minimum Gasteiger partial charge on any atom is -0.466 e. The minimum absolute atomic E-state index is 0.0790. The van der Waals surface area contributed by atoms with E-state index in [1.807, 2.05) is 32.0 Å². The van der Waals surface area contributed by atoms with Crippen molar-refractivity contribution in [2.24, 2.45) is 5.92 Å². The van der Waals surface area contributed by atoms with Crippen LogP contribution in [0.3, 0.4) is 0 Å². The molecule has 1 aromatic rings. The number of carbonyl (C=O) groups is 1. The molecule has 1 aliphatic heterocycles. The van der Waals surface area contributed by atoms with Crippen molar-refractivity contribution in [1.29, 1.82) is 5.26 Å². The van der Waals surface area contributed by atoms with E-state index in [4.69, 9.17) is 16.3 Å². The number of esters is 1. The maximum absolute atomic E-state index is 12.2. The highest BCUT2D eigenvalue weighted by atomic mass is 35.5. The minimum atomic E-state index is -0.433. The lowest BCUT2D eigenvalue weighted by atomic mass is 9.74. The van der Waals surface area contributed by atoms with Gasteiger partial charge in [-0.1, -0.05) is 29.8 Å². The van der Waals surface area contributed by atoms with Gasteiger partial charge in [-0.25, -0.2) is 4.79 Å². The third-order valence-electron chi connectivity index (χ3n) is 3.85. The lowest BCUT2D eigenvalue weighted by molar-refractivity contribution is -0.136. The molecule has 0 fully saturated rings. The number of hydrogen-bond donors (Lipinski definition) is 1. The van der Waals surface area contributed by atoms with Crippen molar-refractivity contribution in [3.63, 3.8) is 0 Å². The van der Waals surface area contributed by atoms with E-state index in [9.17, 15) is 10.1 Å². The van der Waals surface area contributed by atoms with E-state index in [1.165, 1.54) is 7.11 Å². The van der Waals surface area contributed by atoms with Crippen LogP contribution in [-0.2, 0) is 9.53 Å². The molecule has 0 saturated carbocycles. The number of nitriles is 1. The average molecular weight is 305 g/mol. The lowest BCUT2D eigenvalue weighted by Gasteiger charge is -2.36. The molecule has 2 rings (SSSR count).